The first-order valence-electron chi connectivity index (χ1n) is 7.69. The van der Waals surface area contributed by atoms with E-state index in [4.69, 9.17) is 5.73 Å². The Hall–Kier alpha value is -1.60. The number of hydrogen-bond acceptors (Lipinski definition) is 1. The van der Waals surface area contributed by atoms with Crippen molar-refractivity contribution in [2.75, 3.05) is 0 Å². The van der Waals surface area contributed by atoms with Crippen LogP contribution in [0.1, 0.15) is 48.4 Å². The van der Waals surface area contributed by atoms with E-state index in [-0.39, 0.29) is 6.04 Å². The predicted octanol–water partition coefficient (Wildman–Crippen LogP) is 4.47. The van der Waals surface area contributed by atoms with Crippen LogP contribution in [-0.2, 0) is 6.42 Å². The number of benzene rings is 2. The van der Waals surface area contributed by atoms with Gasteiger partial charge < -0.3 is 5.73 Å². The van der Waals surface area contributed by atoms with Crippen molar-refractivity contribution in [1.29, 1.82) is 0 Å². The maximum atomic E-state index is 6.31. The molecule has 0 amide bonds. The highest BCUT2D eigenvalue weighted by molar-refractivity contribution is 5.29. The van der Waals surface area contributed by atoms with Crippen LogP contribution in [0.3, 0.4) is 0 Å². The van der Waals surface area contributed by atoms with Crippen LogP contribution in [0.2, 0.25) is 0 Å². The van der Waals surface area contributed by atoms with Crippen molar-refractivity contribution in [3.8, 4) is 0 Å². The van der Waals surface area contributed by atoms with Gasteiger partial charge in [-0.25, -0.2) is 0 Å². The van der Waals surface area contributed by atoms with Gasteiger partial charge in [-0.05, 0) is 35.4 Å². The zero-order valence-corrected chi connectivity index (χ0v) is 12.0. The lowest BCUT2D eigenvalue weighted by molar-refractivity contribution is 0.277. The Labute approximate surface area is 121 Å². The molecule has 2 aromatic rings. The first-order chi connectivity index (χ1) is 9.81. The molecule has 1 heteroatoms. The standard InChI is InChI=1S/C19H23N/c20-19(14-16-7-4-8-16)18-11-9-17(10-12-18)13-15-5-2-1-3-6-15/h1-3,5-6,9-12,16,19H,4,7-8,13-14,20H2. The third kappa shape index (κ3) is 3.29. The number of hydrogen-bond donors (Lipinski definition) is 1. The van der Waals surface area contributed by atoms with Crippen LogP contribution in [0, 0.1) is 5.92 Å². The molecule has 104 valence electrons. The van der Waals surface area contributed by atoms with Crippen LogP contribution in [-0.4, -0.2) is 0 Å². The second kappa shape index (κ2) is 6.23. The van der Waals surface area contributed by atoms with Gasteiger partial charge >= 0.3 is 0 Å². The van der Waals surface area contributed by atoms with Crippen LogP contribution >= 0.6 is 0 Å². The Morgan fingerprint density at radius 3 is 2.15 bits per heavy atom. The molecule has 1 nitrogen and oxygen atoms in total. The SMILES string of the molecule is NC(CC1CCC1)c1ccc(Cc2ccccc2)cc1. The first kappa shape index (κ1) is 13.4. The van der Waals surface area contributed by atoms with Crippen molar-refractivity contribution in [2.24, 2.45) is 11.7 Å². The van der Waals surface area contributed by atoms with Crippen molar-refractivity contribution in [3.05, 3.63) is 71.3 Å². The molecule has 2 aromatic carbocycles. The maximum Gasteiger partial charge on any atom is 0.0297 e. The molecule has 1 fully saturated rings. The quantitative estimate of drug-likeness (QED) is 0.848. The zero-order chi connectivity index (χ0) is 13.8. The monoisotopic (exact) mass is 265 g/mol. The molecule has 1 atom stereocenters. The van der Waals surface area contributed by atoms with Gasteiger partial charge in [0.05, 0.1) is 0 Å². The smallest absolute Gasteiger partial charge is 0.0297 e. The van der Waals surface area contributed by atoms with Crippen LogP contribution in [0.5, 0.6) is 0 Å². The Bertz CT molecular complexity index is 525. The third-order valence-corrected chi connectivity index (χ3v) is 4.47. The molecule has 0 bridgehead atoms. The van der Waals surface area contributed by atoms with Crippen molar-refractivity contribution in [1.82, 2.24) is 0 Å². The minimum Gasteiger partial charge on any atom is -0.324 e. The number of nitrogens with two attached hydrogens (primary N) is 1. The molecule has 0 saturated heterocycles. The Morgan fingerprint density at radius 1 is 0.900 bits per heavy atom. The molecule has 0 aliphatic heterocycles. The van der Waals surface area contributed by atoms with Crippen LogP contribution in [0.4, 0.5) is 0 Å². The summed E-state index contributed by atoms with van der Waals surface area (Å²) in [6.07, 6.45) is 6.30. The molecule has 3 rings (SSSR count). The highest BCUT2D eigenvalue weighted by Crippen LogP contribution is 2.33. The molecule has 1 unspecified atom stereocenters. The summed E-state index contributed by atoms with van der Waals surface area (Å²) >= 11 is 0. The van der Waals surface area contributed by atoms with Crippen molar-refractivity contribution < 1.29 is 0 Å². The lowest BCUT2D eigenvalue weighted by Gasteiger charge is -2.28. The van der Waals surface area contributed by atoms with Crippen LogP contribution < -0.4 is 5.73 Å². The average Bonchev–Trinajstić information content (AvgIpc) is 2.44. The van der Waals surface area contributed by atoms with E-state index in [1.54, 1.807) is 0 Å². The van der Waals surface area contributed by atoms with Gasteiger partial charge in [-0.1, -0.05) is 73.9 Å². The third-order valence-electron chi connectivity index (χ3n) is 4.47. The average molecular weight is 265 g/mol. The Balaban J connectivity index is 1.61. The fourth-order valence-corrected chi connectivity index (χ4v) is 2.94. The van der Waals surface area contributed by atoms with E-state index >= 15 is 0 Å². The summed E-state index contributed by atoms with van der Waals surface area (Å²) in [4.78, 5) is 0. The molecule has 1 saturated carbocycles. The molecular weight excluding hydrogens is 242 g/mol. The largest absolute Gasteiger partial charge is 0.324 e. The van der Waals surface area contributed by atoms with E-state index < -0.39 is 0 Å². The second-order valence-corrected chi connectivity index (χ2v) is 6.04. The molecule has 1 aliphatic rings. The van der Waals surface area contributed by atoms with Gasteiger partial charge in [-0.15, -0.1) is 0 Å². The number of rotatable bonds is 5. The second-order valence-electron chi connectivity index (χ2n) is 6.04. The minimum atomic E-state index is 0.214. The van der Waals surface area contributed by atoms with Crippen LogP contribution in [0.15, 0.2) is 54.6 Å². The summed E-state index contributed by atoms with van der Waals surface area (Å²) in [5.41, 5.74) is 10.3. The summed E-state index contributed by atoms with van der Waals surface area (Å²) in [7, 11) is 0. The van der Waals surface area contributed by atoms with Gasteiger partial charge in [0.15, 0.2) is 0 Å². The summed E-state index contributed by atoms with van der Waals surface area (Å²) in [5, 5.41) is 0. The zero-order valence-electron chi connectivity index (χ0n) is 12.0. The van der Waals surface area contributed by atoms with Crippen LogP contribution in [0.25, 0.3) is 0 Å². The molecule has 20 heavy (non-hydrogen) atoms. The molecular formula is C19H23N. The summed E-state index contributed by atoms with van der Waals surface area (Å²) in [5.74, 6) is 0.869. The lowest BCUT2D eigenvalue weighted by Crippen LogP contribution is -2.20. The van der Waals surface area contributed by atoms with Gasteiger partial charge in [-0.3, -0.25) is 0 Å². The van der Waals surface area contributed by atoms with Gasteiger partial charge in [0.1, 0.15) is 0 Å². The first-order valence-corrected chi connectivity index (χ1v) is 7.69. The minimum absolute atomic E-state index is 0.214. The van der Waals surface area contributed by atoms with E-state index in [1.807, 2.05) is 0 Å². The maximum absolute atomic E-state index is 6.31. The molecule has 0 radical (unpaired) electrons. The van der Waals surface area contributed by atoms with E-state index in [2.05, 4.69) is 54.6 Å². The lowest BCUT2D eigenvalue weighted by atomic mass is 9.80. The van der Waals surface area contributed by atoms with Gasteiger partial charge in [0.2, 0.25) is 0 Å². The van der Waals surface area contributed by atoms with E-state index in [0.717, 1.165) is 18.8 Å². The van der Waals surface area contributed by atoms with Crippen molar-refractivity contribution >= 4 is 0 Å². The summed E-state index contributed by atoms with van der Waals surface area (Å²) in [6.45, 7) is 0. The van der Waals surface area contributed by atoms with Gasteiger partial charge in [-0.2, -0.15) is 0 Å². The summed E-state index contributed by atoms with van der Waals surface area (Å²) in [6, 6.07) is 19.7. The fraction of sp³-hybridized carbons (Fsp3) is 0.368. The molecule has 2 N–H and O–H groups in total. The normalized spacial score (nSPS) is 16.6. The Morgan fingerprint density at radius 2 is 1.55 bits per heavy atom. The fourth-order valence-electron chi connectivity index (χ4n) is 2.94. The highest BCUT2D eigenvalue weighted by Gasteiger charge is 2.20. The van der Waals surface area contributed by atoms with Gasteiger partial charge in [0, 0.05) is 6.04 Å². The van der Waals surface area contributed by atoms with E-state index in [1.165, 1.54) is 36.0 Å². The topological polar surface area (TPSA) is 26.0 Å². The van der Waals surface area contributed by atoms with E-state index in [0.29, 0.717) is 0 Å². The molecule has 0 spiro atoms. The van der Waals surface area contributed by atoms with Crippen molar-refractivity contribution in [3.63, 3.8) is 0 Å². The van der Waals surface area contributed by atoms with Crippen molar-refractivity contribution in [2.45, 2.75) is 38.1 Å². The predicted molar refractivity (Wildman–Crippen MR) is 84.6 cm³/mol. The molecule has 0 heterocycles. The Kier molecular flexibility index (Phi) is 4.17. The molecule has 0 aromatic heterocycles. The van der Waals surface area contributed by atoms with Gasteiger partial charge in [0.25, 0.3) is 0 Å². The van der Waals surface area contributed by atoms with E-state index in [9.17, 15) is 0 Å². The summed E-state index contributed by atoms with van der Waals surface area (Å²) < 4.78 is 0. The highest BCUT2D eigenvalue weighted by atomic mass is 14.6. The molecule has 1 aliphatic carbocycles.